The Labute approximate surface area is 157 Å². The first-order chi connectivity index (χ1) is 12.6. The van der Waals surface area contributed by atoms with Gasteiger partial charge in [-0.05, 0) is 43.5 Å². The summed E-state index contributed by atoms with van der Waals surface area (Å²) in [5.74, 6) is 0.223. The van der Waals surface area contributed by atoms with E-state index in [9.17, 15) is 4.79 Å². The Morgan fingerprint density at radius 3 is 2.77 bits per heavy atom. The van der Waals surface area contributed by atoms with E-state index in [1.54, 1.807) is 6.33 Å². The third kappa shape index (κ3) is 4.14. The summed E-state index contributed by atoms with van der Waals surface area (Å²) in [5, 5.41) is 11.9. The summed E-state index contributed by atoms with van der Waals surface area (Å²) in [5.41, 5.74) is 5.35. The maximum absolute atomic E-state index is 12.3. The molecule has 1 heterocycles. The molecule has 0 atom stereocenters. The lowest BCUT2D eigenvalue weighted by Crippen LogP contribution is -2.15. The molecule has 0 bridgehead atoms. The SMILES string of the molecule is CCc1ccccc1-n1cnnc1SCC(=O)Nc1ccc(C)cc1C. The molecular weight excluding hydrogens is 344 g/mol. The number of aromatic nitrogens is 3. The van der Waals surface area contributed by atoms with Crippen LogP contribution in [0, 0.1) is 13.8 Å². The van der Waals surface area contributed by atoms with E-state index in [2.05, 4.69) is 34.6 Å². The number of thioether (sulfide) groups is 1. The zero-order chi connectivity index (χ0) is 18.5. The van der Waals surface area contributed by atoms with Crippen molar-refractivity contribution in [2.45, 2.75) is 32.3 Å². The van der Waals surface area contributed by atoms with Gasteiger partial charge < -0.3 is 5.32 Å². The molecule has 0 aliphatic carbocycles. The van der Waals surface area contributed by atoms with Crippen LogP contribution >= 0.6 is 11.8 Å². The molecule has 5 nitrogen and oxygen atoms in total. The lowest BCUT2D eigenvalue weighted by molar-refractivity contribution is -0.113. The predicted octanol–water partition coefficient (Wildman–Crippen LogP) is 4.18. The topological polar surface area (TPSA) is 59.8 Å². The van der Waals surface area contributed by atoms with Crippen LogP contribution in [0.2, 0.25) is 0 Å². The largest absolute Gasteiger partial charge is 0.325 e. The zero-order valence-electron chi connectivity index (χ0n) is 15.2. The number of rotatable bonds is 6. The van der Waals surface area contributed by atoms with Gasteiger partial charge in [-0.1, -0.05) is 54.6 Å². The Hall–Kier alpha value is -2.60. The molecule has 26 heavy (non-hydrogen) atoms. The maximum Gasteiger partial charge on any atom is 0.234 e. The average molecular weight is 366 g/mol. The van der Waals surface area contributed by atoms with Crippen molar-refractivity contribution in [2.75, 3.05) is 11.1 Å². The van der Waals surface area contributed by atoms with Gasteiger partial charge in [0.25, 0.3) is 0 Å². The fourth-order valence-corrected chi connectivity index (χ4v) is 3.52. The Bertz CT molecular complexity index is 920. The second-order valence-electron chi connectivity index (χ2n) is 6.12. The number of amides is 1. The van der Waals surface area contributed by atoms with Gasteiger partial charge in [0.15, 0.2) is 5.16 Å². The smallest absolute Gasteiger partial charge is 0.234 e. The minimum atomic E-state index is -0.0553. The Morgan fingerprint density at radius 1 is 1.19 bits per heavy atom. The van der Waals surface area contributed by atoms with Gasteiger partial charge in [0.1, 0.15) is 6.33 Å². The van der Waals surface area contributed by atoms with Crippen molar-refractivity contribution in [3.05, 3.63) is 65.5 Å². The highest BCUT2D eigenvalue weighted by molar-refractivity contribution is 7.99. The van der Waals surface area contributed by atoms with Crippen molar-refractivity contribution in [1.82, 2.24) is 14.8 Å². The molecule has 3 rings (SSSR count). The van der Waals surface area contributed by atoms with E-state index >= 15 is 0 Å². The highest BCUT2D eigenvalue weighted by Gasteiger charge is 2.12. The number of hydrogen-bond donors (Lipinski definition) is 1. The molecule has 1 N–H and O–H groups in total. The number of carbonyl (C=O) groups excluding carboxylic acids is 1. The summed E-state index contributed by atoms with van der Waals surface area (Å²) in [6, 6.07) is 14.1. The van der Waals surface area contributed by atoms with Gasteiger partial charge in [-0.3, -0.25) is 9.36 Å². The lowest BCUT2D eigenvalue weighted by atomic mass is 10.1. The lowest BCUT2D eigenvalue weighted by Gasteiger charge is -2.11. The molecule has 3 aromatic rings. The van der Waals surface area contributed by atoms with Gasteiger partial charge in [0.05, 0.1) is 11.4 Å². The van der Waals surface area contributed by atoms with Gasteiger partial charge in [0.2, 0.25) is 5.91 Å². The second kappa shape index (κ2) is 8.19. The Kier molecular flexibility index (Phi) is 5.73. The van der Waals surface area contributed by atoms with Crippen LogP contribution in [-0.4, -0.2) is 26.4 Å². The molecule has 6 heteroatoms. The molecule has 1 aromatic heterocycles. The summed E-state index contributed by atoms with van der Waals surface area (Å²) in [7, 11) is 0. The molecule has 0 aliphatic rings. The van der Waals surface area contributed by atoms with Crippen LogP contribution in [0.5, 0.6) is 0 Å². The fourth-order valence-electron chi connectivity index (χ4n) is 2.80. The van der Waals surface area contributed by atoms with Crippen LogP contribution in [-0.2, 0) is 11.2 Å². The third-order valence-electron chi connectivity index (χ3n) is 4.14. The van der Waals surface area contributed by atoms with Crippen LogP contribution in [0.25, 0.3) is 5.69 Å². The molecule has 0 unspecified atom stereocenters. The molecule has 0 fully saturated rings. The van der Waals surface area contributed by atoms with Crippen LogP contribution in [0.15, 0.2) is 53.9 Å². The number of aryl methyl sites for hydroxylation is 3. The van der Waals surface area contributed by atoms with Crippen molar-refractivity contribution in [1.29, 1.82) is 0 Å². The molecular formula is C20H22N4OS. The van der Waals surface area contributed by atoms with Crippen molar-refractivity contribution < 1.29 is 4.79 Å². The molecule has 1 amide bonds. The number of anilines is 1. The minimum absolute atomic E-state index is 0.0553. The standard InChI is InChI=1S/C20H22N4OS/c1-4-16-7-5-6-8-18(16)24-13-21-23-20(24)26-12-19(25)22-17-10-9-14(2)11-15(17)3/h5-11,13H,4,12H2,1-3H3,(H,22,25). The third-order valence-corrected chi connectivity index (χ3v) is 5.08. The first kappa shape index (κ1) is 18.2. The van der Waals surface area contributed by atoms with E-state index in [-0.39, 0.29) is 11.7 Å². The van der Waals surface area contributed by atoms with Crippen molar-refractivity contribution in [3.63, 3.8) is 0 Å². The number of para-hydroxylation sites is 1. The molecule has 0 saturated heterocycles. The van der Waals surface area contributed by atoms with Gasteiger partial charge in [-0.15, -0.1) is 10.2 Å². The second-order valence-corrected chi connectivity index (χ2v) is 7.06. The number of nitrogens with one attached hydrogen (secondary N) is 1. The number of nitrogens with zero attached hydrogens (tertiary/aromatic N) is 3. The maximum atomic E-state index is 12.3. The number of carbonyl (C=O) groups is 1. The van der Waals surface area contributed by atoms with Gasteiger partial charge in [-0.2, -0.15) is 0 Å². The zero-order valence-corrected chi connectivity index (χ0v) is 16.0. The van der Waals surface area contributed by atoms with Crippen molar-refractivity contribution >= 4 is 23.4 Å². The normalized spacial score (nSPS) is 10.7. The molecule has 2 aromatic carbocycles. The van der Waals surface area contributed by atoms with Crippen LogP contribution < -0.4 is 5.32 Å². The van der Waals surface area contributed by atoms with Crippen molar-refractivity contribution in [2.24, 2.45) is 0 Å². The summed E-state index contributed by atoms with van der Waals surface area (Å²) in [6.45, 7) is 6.15. The average Bonchev–Trinajstić information content (AvgIpc) is 3.10. The summed E-state index contributed by atoms with van der Waals surface area (Å²) in [6.07, 6.45) is 2.62. The van der Waals surface area contributed by atoms with E-state index in [4.69, 9.17) is 0 Å². The first-order valence-corrected chi connectivity index (χ1v) is 9.55. The molecule has 134 valence electrons. The van der Waals surface area contributed by atoms with Crippen LogP contribution in [0.1, 0.15) is 23.6 Å². The number of hydrogen-bond acceptors (Lipinski definition) is 4. The summed E-state index contributed by atoms with van der Waals surface area (Å²) in [4.78, 5) is 12.3. The molecule has 0 saturated carbocycles. The van der Waals surface area contributed by atoms with Crippen molar-refractivity contribution in [3.8, 4) is 5.69 Å². The molecule has 0 aliphatic heterocycles. The Morgan fingerprint density at radius 2 is 2.00 bits per heavy atom. The summed E-state index contributed by atoms with van der Waals surface area (Å²) < 4.78 is 1.94. The molecule has 0 spiro atoms. The highest BCUT2D eigenvalue weighted by Crippen LogP contribution is 2.23. The van der Waals surface area contributed by atoms with E-state index in [0.717, 1.165) is 23.4 Å². The van der Waals surface area contributed by atoms with Gasteiger partial charge >= 0.3 is 0 Å². The van der Waals surface area contributed by atoms with E-state index in [0.29, 0.717) is 5.16 Å². The van der Waals surface area contributed by atoms with E-state index < -0.39 is 0 Å². The first-order valence-electron chi connectivity index (χ1n) is 8.56. The van der Waals surface area contributed by atoms with Crippen LogP contribution in [0.3, 0.4) is 0 Å². The minimum Gasteiger partial charge on any atom is -0.325 e. The van der Waals surface area contributed by atoms with E-state index in [1.807, 2.05) is 48.7 Å². The van der Waals surface area contributed by atoms with Gasteiger partial charge in [0, 0.05) is 5.69 Å². The van der Waals surface area contributed by atoms with Gasteiger partial charge in [-0.25, -0.2) is 0 Å². The predicted molar refractivity (Wildman–Crippen MR) is 106 cm³/mol. The quantitative estimate of drug-likeness (QED) is 0.665. The van der Waals surface area contributed by atoms with E-state index in [1.165, 1.54) is 22.9 Å². The number of benzene rings is 2. The monoisotopic (exact) mass is 366 g/mol. The summed E-state index contributed by atoms with van der Waals surface area (Å²) >= 11 is 1.38. The molecule has 0 radical (unpaired) electrons. The fraction of sp³-hybridized carbons (Fsp3) is 0.250. The van der Waals surface area contributed by atoms with Crippen LogP contribution in [0.4, 0.5) is 5.69 Å². The highest BCUT2D eigenvalue weighted by atomic mass is 32.2. The Balaban J connectivity index is 1.69.